The summed E-state index contributed by atoms with van der Waals surface area (Å²) in [4.78, 5) is 16.1. The van der Waals surface area contributed by atoms with E-state index in [4.69, 9.17) is 4.42 Å². The smallest absolute Gasteiger partial charge is 0.231 e. The largest absolute Gasteiger partial charge is 0.507 e. The molecule has 0 fully saturated rings. The van der Waals surface area contributed by atoms with Crippen LogP contribution in [-0.4, -0.2) is 16.0 Å². The van der Waals surface area contributed by atoms with Crippen LogP contribution in [0.2, 0.25) is 0 Å². The Morgan fingerprint density at radius 3 is 2.74 bits per heavy atom. The van der Waals surface area contributed by atoms with Gasteiger partial charge in [-0.2, -0.15) is 0 Å². The average Bonchev–Trinajstić information content (AvgIpc) is 2.89. The van der Waals surface area contributed by atoms with Gasteiger partial charge in [-0.05, 0) is 30.2 Å². The van der Waals surface area contributed by atoms with Crippen molar-refractivity contribution in [2.24, 2.45) is 5.92 Å². The zero-order valence-electron chi connectivity index (χ0n) is 13.0. The molecule has 1 heterocycles. The van der Waals surface area contributed by atoms with E-state index in [1.807, 2.05) is 38.1 Å². The monoisotopic (exact) mass is 310 g/mol. The molecule has 5 heteroatoms. The lowest BCUT2D eigenvalue weighted by molar-refractivity contribution is -0.116. The molecule has 0 atom stereocenters. The molecule has 0 bridgehead atoms. The number of amides is 1. The lowest BCUT2D eigenvalue weighted by Gasteiger charge is -2.08. The summed E-state index contributed by atoms with van der Waals surface area (Å²) in [6.07, 6.45) is 0.438. The maximum Gasteiger partial charge on any atom is 0.231 e. The minimum absolute atomic E-state index is 0.0129. The molecule has 2 aromatic carbocycles. The molecule has 0 unspecified atom stereocenters. The molecule has 0 saturated carbocycles. The number of aromatic nitrogens is 1. The van der Waals surface area contributed by atoms with Crippen molar-refractivity contribution in [3.63, 3.8) is 0 Å². The highest BCUT2D eigenvalue weighted by Gasteiger charge is 2.13. The number of carbonyl (C=O) groups excluding carboxylic acids is 1. The first-order valence-electron chi connectivity index (χ1n) is 7.52. The molecule has 0 aliphatic heterocycles. The number of carbonyl (C=O) groups is 1. The van der Waals surface area contributed by atoms with Gasteiger partial charge >= 0.3 is 0 Å². The van der Waals surface area contributed by atoms with Crippen molar-refractivity contribution in [2.45, 2.75) is 20.3 Å². The van der Waals surface area contributed by atoms with Gasteiger partial charge in [-0.15, -0.1) is 0 Å². The number of para-hydroxylation sites is 2. The first-order chi connectivity index (χ1) is 11.0. The number of oxazole rings is 1. The van der Waals surface area contributed by atoms with E-state index in [2.05, 4.69) is 10.3 Å². The predicted octanol–water partition coefficient (Wildman–Crippen LogP) is 4.19. The Balaban J connectivity index is 1.85. The number of fused-ring (bicyclic) bond motifs is 1. The van der Waals surface area contributed by atoms with Crippen LogP contribution in [0.4, 0.5) is 5.69 Å². The quantitative estimate of drug-likeness (QED) is 0.758. The molecule has 0 aliphatic rings. The molecule has 23 heavy (non-hydrogen) atoms. The molecule has 0 radical (unpaired) electrons. The lowest BCUT2D eigenvalue weighted by Crippen LogP contribution is -2.13. The molecule has 3 aromatic rings. The van der Waals surface area contributed by atoms with Crippen LogP contribution in [0.5, 0.6) is 5.75 Å². The summed E-state index contributed by atoms with van der Waals surface area (Å²) >= 11 is 0. The minimum Gasteiger partial charge on any atom is -0.507 e. The second kappa shape index (κ2) is 6.12. The van der Waals surface area contributed by atoms with E-state index in [1.165, 1.54) is 6.07 Å². The standard InChI is InChI=1S/C18H18N2O3/c1-11(2)9-17(22)19-12-7-8-13(15(21)10-12)18-20-14-5-3-4-6-16(14)23-18/h3-8,10-11,21H,9H2,1-2H3,(H,19,22). The van der Waals surface area contributed by atoms with Crippen molar-refractivity contribution in [1.82, 2.24) is 4.98 Å². The number of benzene rings is 2. The third-order valence-electron chi connectivity index (χ3n) is 3.40. The van der Waals surface area contributed by atoms with Crippen molar-refractivity contribution in [1.29, 1.82) is 0 Å². The molecule has 0 saturated heterocycles. The van der Waals surface area contributed by atoms with E-state index in [0.717, 1.165) is 5.52 Å². The highest BCUT2D eigenvalue weighted by molar-refractivity contribution is 5.91. The second-order valence-corrected chi connectivity index (χ2v) is 5.86. The van der Waals surface area contributed by atoms with Gasteiger partial charge in [0.25, 0.3) is 0 Å². The van der Waals surface area contributed by atoms with Crippen LogP contribution >= 0.6 is 0 Å². The van der Waals surface area contributed by atoms with Gasteiger partial charge in [0, 0.05) is 18.2 Å². The molecule has 1 amide bonds. The van der Waals surface area contributed by atoms with Gasteiger partial charge in [-0.1, -0.05) is 26.0 Å². The Kier molecular flexibility index (Phi) is 4.02. The maximum absolute atomic E-state index is 11.8. The van der Waals surface area contributed by atoms with Gasteiger partial charge in [0.2, 0.25) is 11.8 Å². The molecule has 0 spiro atoms. The number of anilines is 1. The molecule has 118 valence electrons. The number of nitrogens with one attached hydrogen (secondary N) is 1. The highest BCUT2D eigenvalue weighted by Crippen LogP contribution is 2.33. The molecular formula is C18H18N2O3. The summed E-state index contributed by atoms with van der Waals surface area (Å²) in [6.45, 7) is 3.96. The minimum atomic E-state index is -0.0750. The van der Waals surface area contributed by atoms with E-state index >= 15 is 0 Å². The first-order valence-corrected chi connectivity index (χ1v) is 7.52. The fraction of sp³-hybridized carbons (Fsp3) is 0.222. The summed E-state index contributed by atoms with van der Waals surface area (Å²) < 4.78 is 5.65. The summed E-state index contributed by atoms with van der Waals surface area (Å²) in [6, 6.07) is 12.3. The SMILES string of the molecule is CC(C)CC(=O)Nc1ccc(-c2nc3ccccc3o2)c(O)c1. The average molecular weight is 310 g/mol. The summed E-state index contributed by atoms with van der Waals surface area (Å²) in [5, 5.41) is 13.0. The topological polar surface area (TPSA) is 75.4 Å². The zero-order valence-corrected chi connectivity index (χ0v) is 13.0. The first kappa shape index (κ1) is 15.1. The van der Waals surface area contributed by atoms with Crippen LogP contribution in [0.1, 0.15) is 20.3 Å². The third-order valence-corrected chi connectivity index (χ3v) is 3.40. The number of aromatic hydroxyl groups is 1. The van der Waals surface area contributed by atoms with E-state index in [1.54, 1.807) is 12.1 Å². The fourth-order valence-electron chi connectivity index (χ4n) is 2.36. The lowest BCUT2D eigenvalue weighted by atomic mass is 10.1. The number of phenols is 1. The van der Waals surface area contributed by atoms with Crippen LogP contribution in [0.3, 0.4) is 0 Å². The van der Waals surface area contributed by atoms with Gasteiger partial charge in [0.05, 0.1) is 5.56 Å². The summed E-state index contributed by atoms with van der Waals surface area (Å²) in [7, 11) is 0. The second-order valence-electron chi connectivity index (χ2n) is 5.86. The van der Waals surface area contributed by atoms with E-state index < -0.39 is 0 Å². The Morgan fingerprint density at radius 1 is 1.26 bits per heavy atom. The van der Waals surface area contributed by atoms with Crippen LogP contribution < -0.4 is 5.32 Å². The third kappa shape index (κ3) is 3.34. The predicted molar refractivity (Wildman–Crippen MR) is 89.2 cm³/mol. The molecular weight excluding hydrogens is 292 g/mol. The highest BCUT2D eigenvalue weighted by atomic mass is 16.3. The Labute approximate surface area is 134 Å². The van der Waals surface area contributed by atoms with Crippen LogP contribution in [-0.2, 0) is 4.79 Å². The molecule has 1 aromatic heterocycles. The van der Waals surface area contributed by atoms with E-state index in [9.17, 15) is 9.90 Å². The number of nitrogens with zero attached hydrogens (tertiary/aromatic N) is 1. The summed E-state index contributed by atoms with van der Waals surface area (Å²) in [5.41, 5.74) is 2.43. The van der Waals surface area contributed by atoms with Gasteiger partial charge in [0.15, 0.2) is 5.58 Å². The maximum atomic E-state index is 11.8. The van der Waals surface area contributed by atoms with Crippen LogP contribution in [0.15, 0.2) is 46.9 Å². The van der Waals surface area contributed by atoms with Crippen molar-refractivity contribution in [3.8, 4) is 17.2 Å². The van der Waals surface area contributed by atoms with Gasteiger partial charge in [-0.3, -0.25) is 4.79 Å². The van der Waals surface area contributed by atoms with Crippen molar-refractivity contribution >= 4 is 22.7 Å². The normalized spacial score (nSPS) is 11.1. The molecule has 2 N–H and O–H groups in total. The molecule has 0 aliphatic carbocycles. The Bertz CT molecular complexity index is 819. The number of hydrogen-bond acceptors (Lipinski definition) is 4. The zero-order chi connectivity index (χ0) is 16.4. The van der Waals surface area contributed by atoms with Gasteiger partial charge in [-0.25, -0.2) is 4.98 Å². The Hall–Kier alpha value is -2.82. The van der Waals surface area contributed by atoms with Crippen LogP contribution in [0, 0.1) is 5.92 Å². The molecule has 5 nitrogen and oxygen atoms in total. The van der Waals surface area contributed by atoms with Crippen molar-refractivity contribution < 1.29 is 14.3 Å². The Morgan fingerprint density at radius 2 is 2.04 bits per heavy atom. The van der Waals surface area contributed by atoms with Crippen molar-refractivity contribution in [3.05, 3.63) is 42.5 Å². The number of rotatable bonds is 4. The number of hydrogen-bond donors (Lipinski definition) is 2. The molecule has 3 rings (SSSR count). The van der Waals surface area contributed by atoms with Crippen LogP contribution in [0.25, 0.3) is 22.6 Å². The van der Waals surface area contributed by atoms with E-state index in [0.29, 0.717) is 29.1 Å². The van der Waals surface area contributed by atoms with Gasteiger partial charge < -0.3 is 14.8 Å². The summed E-state index contributed by atoms with van der Waals surface area (Å²) in [5.74, 6) is 0.569. The number of phenolic OH excluding ortho intramolecular Hbond substituents is 1. The fourth-order valence-corrected chi connectivity index (χ4v) is 2.36. The van der Waals surface area contributed by atoms with E-state index in [-0.39, 0.29) is 17.6 Å². The van der Waals surface area contributed by atoms with Crippen molar-refractivity contribution in [2.75, 3.05) is 5.32 Å². The van der Waals surface area contributed by atoms with Gasteiger partial charge in [0.1, 0.15) is 11.3 Å².